The van der Waals surface area contributed by atoms with Crippen LogP contribution < -0.4 is 0 Å². The number of carbonyl (C=O) groups excluding carboxylic acids is 2. The molecule has 134 valence electrons. The van der Waals surface area contributed by atoms with Crippen LogP contribution in [0, 0.1) is 5.92 Å². The van der Waals surface area contributed by atoms with Gasteiger partial charge in [-0.15, -0.1) is 0 Å². The first-order valence-electron chi connectivity index (χ1n) is 8.38. The van der Waals surface area contributed by atoms with Crippen molar-refractivity contribution in [2.24, 2.45) is 5.92 Å². The molecule has 1 aromatic carbocycles. The molecule has 2 heterocycles. The highest BCUT2D eigenvalue weighted by Gasteiger charge is 2.47. The Morgan fingerprint density at radius 2 is 1.85 bits per heavy atom. The molecule has 7 heteroatoms. The van der Waals surface area contributed by atoms with E-state index in [0.29, 0.717) is 12.8 Å². The average Bonchev–Trinajstić information content (AvgIpc) is 3.18. The molecule has 6 nitrogen and oxygen atoms in total. The number of hydrogen-bond acceptors (Lipinski definition) is 7. The molecule has 0 radical (unpaired) electrons. The quantitative estimate of drug-likeness (QED) is 0.744. The van der Waals surface area contributed by atoms with E-state index >= 15 is 0 Å². The number of ether oxygens (including phenoxy) is 3. The molecule has 0 N–H and O–H groups in total. The van der Waals surface area contributed by atoms with Gasteiger partial charge in [0, 0.05) is 35.0 Å². The second-order valence-corrected chi connectivity index (χ2v) is 7.42. The molecular formula is C19H17NO5S. The first-order valence-corrected chi connectivity index (χ1v) is 9.20. The smallest absolute Gasteiger partial charge is 0.461 e. The normalized spacial score (nSPS) is 23.8. The Kier molecular flexibility index (Phi) is 4.79. The lowest BCUT2D eigenvalue weighted by atomic mass is 10.1. The van der Waals surface area contributed by atoms with Crippen molar-refractivity contribution in [1.29, 1.82) is 0 Å². The second-order valence-electron chi connectivity index (χ2n) is 6.27. The summed E-state index contributed by atoms with van der Waals surface area (Å²) < 4.78 is 15.5. The van der Waals surface area contributed by atoms with Crippen molar-refractivity contribution in [3.8, 4) is 0 Å². The Balaban J connectivity index is 1.31. The zero-order chi connectivity index (χ0) is 17.9. The van der Waals surface area contributed by atoms with Crippen LogP contribution in [0.3, 0.4) is 0 Å². The van der Waals surface area contributed by atoms with Gasteiger partial charge in [0.2, 0.25) is 0 Å². The predicted octanol–water partition coefficient (Wildman–Crippen LogP) is 3.59. The summed E-state index contributed by atoms with van der Waals surface area (Å²) in [4.78, 5) is 29.5. The fourth-order valence-corrected chi connectivity index (χ4v) is 4.08. The van der Waals surface area contributed by atoms with Gasteiger partial charge in [0.15, 0.2) is 0 Å². The number of hydrogen-bond donors (Lipinski definition) is 0. The number of esters is 1. The topological polar surface area (TPSA) is 74.7 Å². The van der Waals surface area contributed by atoms with Crippen LogP contribution in [-0.2, 0) is 25.6 Å². The lowest BCUT2D eigenvalue weighted by Gasteiger charge is -2.11. The fourth-order valence-electron chi connectivity index (χ4n) is 3.19. The molecule has 1 saturated carbocycles. The molecule has 2 aliphatic rings. The molecule has 4 rings (SSSR count). The van der Waals surface area contributed by atoms with E-state index in [1.807, 2.05) is 36.4 Å². The number of carbonyl (C=O) groups is 2. The molecule has 1 unspecified atom stereocenters. The number of pyridine rings is 1. The van der Waals surface area contributed by atoms with Crippen LogP contribution in [0.15, 0.2) is 58.6 Å². The number of aromatic nitrogens is 1. The first-order chi connectivity index (χ1) is 12.7. The van der Waals surface area contributed by atoms with Crippen molar-refractivity contribution in [1.82, 2.24) is 4.98 Å². The van der Waals surface area contributed by atoms with E-state index in [-0.39, 0.29) is 30.7 Å². The zero-order valence-electron chi connectivity index (χ0n) is 13.9. The van der Waals surface area contributed by atoms with Gasteiger partial charge in [0.05, 0.1) is 5.92 Å². The number of benzene rings is 1. The zero-order valence-corrected chi connectivity index (χ0v) is 14.7. The third-order valence-corrected chi connectivity index (χ3v) is 5.44. The van der Waals surface area contributed by atoms with Gasteiger partial charge in [0.25, 0.3) is 0 Å². The maximum Gasteiger partial charge on any atom is 0.509 e. The Bertz CT molecular complexity index is 797. The van der Waals surface area contributed by atoms with Crippen molar-refractivity contribution >= 4 is 23.9 Å². The van der Waals surface area contributed by atoms with Gasteiger partial charge in [-0.1, -0.05) is 23.9 Å². The Labute approximate surface area is 154 Å². The van der Waals surface area contributed by atoms with Crippen LogP contribution >= 0.6 is 11.8 Å². The standard InChI is InChI=1S/C19H17NO5S/c21-18(13-9-16-17(10-13)25-19(22)24-16)23-11-12-2-1-3-15(8-12)26-14-4-6-20-7-5-14/h1-8,13,16-17H,9-11H2/t13?,16-,17+. The van der Waals surface area contributed by atoms with Gasteiger partial charge < -0.3 is 14.2 Å². The molecule has 26 heavy (non-hydrogen) atoms. The third-order valence-electron chi connectivity index (χ3n) is 4.44. The largest absolute Gasteiger partial charge is 0.509 e. The van der Waals surface area contributed by atoms with E-state index in [4.69, 9.17) is 14.2 Å². The van der Waals surface area contributed by atoms with Crippen LogP contribution in [-0.4, -0.2) is 29.3 Å². The van der Waals surface area contributed by atoms with Crippen LogP contribution in [0.2, 0.25) is 0 Å². The molecule has 0 bridgehead atoms. The minimum atomic E-state index is -0.643. The number of nitrogens with zero attached hydrogens (tertiary/aromatic N) is 1. The SMILES string of the molecule is O=C1O[C@H]2CC(C(=O)OCc3cccc(Sc4ccncc4)c3)C[C@H]2O1. The monoisotopic (exact) mass is 371 g/mol. The molecule has 1 aromatic heterocycles. The minimum absolute atomic E-state index is 0.218. The Hall–Kier alpha value is -2.54. The van der Waals surface area contributed by atoms with E-state index in [1.165, 1.54) is 0 Å². The Morgan fingerprint density at radius 1 is 1.12 bits per heavy atom. The summed E-state index contributed by atoms with van der Waals surface area (Å²) in [5.74, 6) is -0.557. The third kappa shape index (κ3) is 3.83. The van der Waals surface area contributed by atoms with E-state index < -0.39 is 6.16 Å². The first kappa shape index (κ1) is 16.9. The fraction of sp³-hybridized carbons (Fsp3) is 0.316. The summed E-state index contributed by atoms with van der Waals surface area (Å²) in [6.45, 7) is 0.218. The van der Waals surface area contributed by atoms with Gasteiger partial charge in [-0.3, -0.25) is 9.78 Å². The van der Waals surface area contributed by atoms with E-state index in [0.717, 1.165) is 15.4 Å². The van der Waals surface area contributed by atoms with Crippen molar-refractivity contribution in [2.45, 2.75) is 41.4 Å². The summed E-state index contributed by atoms with van der Waals surface area (Å²) in [6, 6.07) is 11.8. The van der Waals surface area contributed by atoms with E-state index in [9.17, 15) is 9.59 Å². The van der Waals surface area contributed by atoms with E-state index in [2.05, 4.69) is 4.98 Å². The summed E-state index contributed by atoms with van der Waals surface area (Å²) >= 11 is 1.63. The molecular weight excluding hydrogens is 354 g/mol. The average molecular weight is 371 g/mol. The molecule has 1 aliphatic heterocycles. The highest BCUT2D eigenvalue weighted by molar-refractivity contribution is 7.99. The van der Waals surface area contributed by atoms with Crippen molar-refractivity contribution in [2.75, 3.05) is 0 Å². The van der Waals surface area contributed by atoms with Gasteiger partial charge >= 0.3 is 12.1 Å². The molecule has 0 spiro atoms. The maximum atomic E-state index is 12.3. The van der Waals surface area contributed by atoms with Gasteiger partial charge in [-0.25, -0.2) is 4.79 Å². The minimum Gasteiger partial charge on any atom is -0.461 e. The van der Waals surface area contributed by atoms with Gasteiger partial charge in [0.1, 0.15) is 18.8 Å². The molecule has 1 saturated heterocycles. The van der Waals surface area contributed by atoms with Crippen molar-refractivity contribution in [3.05, 3.63) is 54.4 Å². The summed E-state index contributed by atoms with van der Waals surface area (Å²) in [6.07, 6.45) is 3.16. The highest BCUT2D eigenvalue weighted by atomic mass is 32.2. The summed E-state index contributed by atoms with van der Waals surface area (Å²) in [5, 5.41) is 0. The van der Waals surface area contributed by atoms with E-state index in [1.54, 1.807) is 24.2 Å². The lowest BCUT2D eigenvalue weighted by molar-refractivity contribution is -0.150. The number of fused-ring (bicyclic) bond motifs is 1. The lowest BCUT2D eigenvalue weighted by Crippen LogP contribution is -2.17. The van der Waals surface area contributed by atoms with Gasteiger partial charge in [-0.2, -0.15) is 0 Å². The summed E-state index contributed by atoms with van der Waals surface area (Å²) in [5.41, 5.74) is 0.929. The second kappa shape index (κ2) is 7.37. The van der Waals surface area contributed by atoms with Gasteiger partial charge in [-0.05, 0) is 29.8 Å². The summed E-state index contributed by atoms with van der Waals surface area (Å²) in [7, 11) is 0. The number of rotatable bonds is 5. The van der Waals surface area contributed by atoms with Crippen LogP contribution in [0.25, 0.3) is 0 Å². The molecule has 3 atom stereocenters. The van der Waals surface area contributed by atoms with Crippen molar-refractivity contribution in [3.63, 3.8) is 0 Å². The predicted molar refractivity (Wildman–Crippen MR) is 92.5 cm³/mol. The van der Waals surface area contributed by atoms with Crippen LogP contribution in [0.5, 0.6) is 0 Å². The molecule has 1 aliphatic carbocycles. The highest BCUT2D eigenvalue weighted by Crippen LogP contribution is 2.36. The molecule has 2 fully saturated rings. The van der Waals surface area contributed by atoms with Crippen molar-refractivity contribution < 1.29 is 23.8 Å². The Morgan fingerprint density at radius 3 is 2.58 bits per heavy atom. The van der Waals surface area contributed by atoms with Crippen LogP contribution in [0.4, 0.5) is 4.79 Å². The maximum absolute atomic E-state index is 12.3. The molecule has 0 amide bonds. The van der Waals surface area contributed by atoms with Crippen LogP contribution in [0.1, 0.15) is 18.4 Å². The molecule has 2 aromatic rings.